The standard InChI is InChI=1S/C15H8F6N4/c16-14(17,18)10-6-12(15(19,20)21)23-13(7-10)25-11(8-22-24-25)9-4-2-1-3-5-9/h1-8H. The molecular formula is C15H8F6N4. The minimum atomic E-state index is -5.04. The molecule has 3 aromatic rings. The molecule has 0 radical (unpaired) electrons. The van der Waals surface area contributed by atoms with Crippen LogP contribution in [-0.2, 0) is 12.4 Å². The van der Waals surface area contributed by atoms with Gasteiger partial charge in [0.25, 0.3) is 0 Å². The molecule has 0 aliphatic heterocycles. The molecule has 4 nitrogen and oxygen atoms in total. The summed E-state index contributed by atoms with van der Waals surface area (Å²) < 4.78 is 78.5. The molecule has 0 aliphatic carbocycles. The van der Waals surface area contributed by atoms with E-state index in [9.17, 15) is 26.3 Å². The van der Waals surface area contributed by atoms with Crippen LogP contribution in [0.4, 0.5) is 26.3 Å². The van der Waals surface area contributed by atoms with Crippen molar-refractivity contribution in [1.82, 2.24) is 20.0 Å². The number of alkyl halides is 6. The number of rotatable bonds is 2. The van der Waals surface area contributed by atoms with E-state index >= 15 is 0 Å². The number of benzene rings is 1. The highest BCUT2D eigenvalue weighted by molar-refractivity contribution is 5.60. The van der Waals surface area contributed by atoms with Gasteiger partial charge in [0, 0.05) is 5.56 Å². The van der Waals surface area contributed by atoms with E-state index in [1.54, 1.807) is 30.3 Å². The number of hydrogen-bond donors (Lipinski definition) is 0. The van der Waals surface area contributed by atoms with E-state index in [2.05, 4.69) is 15.3 Å². The van der Waals surface area contributed by atoms with Crippen LogP contribution in [0, 0.1) is 0 Å². The Balaban J connectivity index is 2.20. The minimum Gasteiger partial charge on any atom is -0.224 e. The van der Waals surface area contributed by atoms with Crippen molar-refractivity contribution >= 4 is 0 Å². The maximum Gasteiger partial charge on any atom is 0.433 e. The van der Waals surface area contributed by atoms with Crippen molar-refractivity contribution < 1.29 is 26.3 Å². The average molecular weight is 358 g/mol. The molecule has 0 N–H and O–H groups in total. The number of halogens is 6. The Bertz CT molecular complexity index is 851. The van der Waals surface area contributed by atoms with Gasteiger partial charge in [-0.2, -0.15) is 31.0 Å². The molecule has 0 unspecified atom stereocenters. The summed E-state index contributed by atoms with van der Waals surface area (Å²) in [4.78, 5) is 3.28. The zero-order valence-corrected chi connectivity index (χ0v) is 12.2. The molecule has 0 spiro atoms. The van der Waals surface area contributed by atoms with Crippen LogP contribution in [0.1, 0.15) is 11.3 Å². The van der Waals surface area contributed by atoms with E-state index in [4.69, 9.17) is 0 Å². The maximum atomic E-state index is 13.0. The predicted molar refractivity (Wildman–Crippen MR) is 74.6 cm³/mol. The summed E-state index contributed by atoms with van der Waals surface area (Å²) in [5.41, 5.74) is -2.41. The summed E-state index contributed by atoms with van der Waals surface area (Å²) in [5, 5.41) is 7.15. The molecule has 25 heavy (non-hydrogen) atoms. The smallest absolute Gasteiger partial charge is 0.224 e. The topological polar surface area (TPSA) is 43.6 Å². The molecule has 0 amide bonds. The number of aromatic nitrogens is 4. The van der Waals surface area contributed by atoms with Gasteiger partial charge >= 0.3 is 12.4 Å². The first-order chi connectivity index (χ1) is 11.7. The van der Waals surface area contributed by atoms with E-state index in [0.717, 1.165) is 4.68 Å². The molecule has 0 saturated heterocycles. The SMILES string of the molecule is FC(F)(F)c1cc(-n2nncc2-c2ccccc2)nc(C(F)(F)F)c1. The molecular weight excluding hydrogens is 350 g/mol. The Morgan fingerprint density at radius 1 is 0.840 bits per heavy atom. The fourth-order valence-corrected chi connectivity index (χ4v) is 2.14. The molecule has 3 rings (SSSR count). The highest BCUT2D eigenvalue weighted by Crippen LogP contribution is 2.35. The molecule has 0 bridgehead atoms. The molecule has 130 valence electrons. The van der Waals surface area contributed by atoms with Crippen LogP contribution in [0.25, 0.3) is 17.1 Å². The Kier molecular flexibility index (Phi) is 3.97. The summed E-state index contributed by atoms with van der Waals surface area (Å²) in [7, 11) is 0. The third-order valence-corrected chi connectivity index (χ3v) is 3.27. The third kappa shape index (κ3) is 3.47. The predicted octanol–water partition coefficient (Wildman–Crippen LogP) is 4.37. The largest absolute Gasteiger partial charge is 0.433 e. The van der Waals surface area contributed by atoms with Crippen molar-refractivity contribution in [1.29, 1.82) is 0 Å². The first-order valence-electron chi connectivity index (χ1n) is 6.79. The van der Waals surface area contributed by atoms with Crippen molar-refractivity contribution in [2.75, 3.05) is 0 Å². The van der Waals surface area contributed by atoms with Gasteiger partial charge in [-0.25, -0.2) is 4.98 Å². The van der Waals surface area contributed by atoms with Crippen LogP contribution in [0.5, 0.6) is 0 Å². The second-order valence-electron chi connectivity index (χ2n) is 4.99. The van der Waals surface area contributed by atoms with Gasteiger partial charge in [0.1, 0.15) is 5.69 Å². The highest BCUT2D eigenvalue weighted by atomic mass is 19.4. The molecule has 2 aromatic heterocycles. The van der Waals surface area contributed by atoms with Gasteiger partial charge in [0.05, 0.1) is 17.5 Å². The lowest BCUT2D eigenvalue weighted by Crippen LogP contribution is -2.16. The molecule has 10 heteroatoms. The van der Waals surface area contributed by atoms with Crippen LogP contribution in [0.2, 0.25) is 0 Å². The van der Waals surface area contributed by atoms with Crippen molar-refractivity contribution in [3.63, 3.8) is 0 Å². The lowest BCUT2D eigenvalue weighted by molar-refractivity contribution is -0.145. The molecule has 2 heterocycles. The molecule has 0 fully saturated rings. The van der Waals surface area contributed by atoms with E-state index < -0.39 is 29.4 Å². The lowest BCUT2D eigenvalue weighted by Gasteiger charge is -2.14. The monoisotopic (exact) mass is 358 g/mol. The Morgan fingerprint density at radius 3 is 2.12 bits per heavy atom. The zero-order chi connectivity index (χ0) is 18.2. The summed E-state index contributed by atoms with van der Waals surface area (Å²) in [5.74, 6) is -0.626. The van der Waals surface area contributed by atoms with Crippen LogP contribution >= 0.6 is 0 Å². The fraction of sp³-hybridized carbons (Fsp3) is 0.133. The molecule has 0 saturated carbocycles. The Hall–Kier alpha value is -2.91. The first-order valence-corrected chi connectivity index (χ1v) is 6.79. The van der Waals surface area contributed by atoms with Crippen molar-refractivity contribution in [2.45, 2.75) is 12.4 Å². The van der Waals surface area contributed by atoms with E-state index in [1.165, 1.54) is 6.20 Å². The van der Waals surface area contributed by atoms with Gasteiger partial charge in [0.15, 0.2) is 5.82 Å². The number of hydrogen-bond acceptors (Lipinski definition) is 3. The second-order valence-corrected chi connectivity index (χ2v) is 4.99. The fourth-order valence-electron chi connectivity index (χ4n) is 2.14. The highest BCUT2D eigenvalue weighted by Gasteiger charge is 2.38. The maximum absolute atomic E-state index is 13.0. The zero-order valence-electron chi connectivity index (χ0n) is 12.2. The van der Waals surface area contributed by atoms with Gasteiger partial charge in [-0.15, -0.1) is 5.10 Å². The minimum absolute atomic E-state index is 0.0391. The molecule has 1 aromatic carbocycles. The van der Waals surface area contributed by atoms with Crippen LogP contribution < -0.4 is 0 Å². The van der Waals surface area contributed by atoms with Gasteiger partial charge < -0.3 is 0 Å². The molecule has 0 atom stereocenters. The quantitative estimate of drug-likeness (QED) is 0.639. The van der Waals surface area contributed by atoms with Crippen LogP contribution in [0.3, 0.4) is 0 Å². The van der Waals surface area contributed by atoms with Crippen molar-refractivity contribution in [3.8, 4) is 17.1 Å². The second kappa shape index (κ2) is 5.87. The molecule has 0 aliphatic rings. The number of pyridine rings is 1. The summed E-state index contributed by atoms with van der Waals surface area (Å²) in [6.45, 7) is 0. The lowest BCUT2D eigenvalue weighted by atomic mass is 10.1. The summed E-state index contributed by atoms with van der Waals surface area (Å²) in [6.07, 6.45) is -8.78. The Labute approximate surface area is 136 Å². The van der Waals surface area contributed by atoms with Crippen LogP contribution in [0.15, 0.2) is 48.7 Å². The van der Waals surface area contributed by atoms with Crippen LogP contribution in [-0.4, -0.2) is 20.0 Å². The van der Waals surface area contributed by atoms with Crippen molar-refractivity contribution in [2.24, 2.45) is 0 Å². The Morgan fingerprint density at radius 2 is 1.52 bits per heavy atom. The van der Waals surface area contributed by atoms with E-state index in [0.29, 0.717) is 11.6 Å². The average Bonchev–Trinajstić information content (AvgIpc) is 3.03. The van der Waals surface area contributed by atoms with E-state index in [-0.39, 0.29) is 11.8 Å². The first kappa shape index (κ1) is 16.9. The van der Waals surface area contributed by atoms with Gasteiger partial charge in [0.2, 0.25) is 0 Å². The van der Waals surface area contributed by atoms with Crippen molar-refractivity contribution in [3.05, 3.63) is 59.9 Å². The van der Waals surface area contributed by atoms with Gasteiger partial charge in [-0.05, 0) is 12.1 Å². The normalized spacial score (nSPS) is 12.4. The summed E-state index contributed by atoms with van der Waals surface area (Å²) in [6, 6.07) is 8.72. The third-order valence-electron chi connectivity index (χ3n) is 3.27. The van der Waals surface area contributed by atoms with E-state index in [1.807, 2.05) is 0 Å². The summed E-state index contributed by atoms with van der Waals surface area (Å²) >= 11 is 0. The van der Waals surface area contributed by atoms with Gasteiger partial charge in [-0.1, -0.05) is 35.5 Å². The number of nitrogens with zero attached hydrogens (tertiary/aromatic N) is 4. The van der Waals surface area contributed by atoms with Gasteiger partial charge in [-0.3, -0.25) is 0 Å².